The number of hydrogen-bond donors (Lipinski definition) is 3. The molecule has 0 radical (unpaired) electrons. The summed E-state index contributed by atoms with van der Waals surface area (Å²) in [6, 6.07) is 7.70. The van der Waals surface area contributed by atoms with E-state index in [1.54, 1.807) is 30.3 Å². The van der Waals surface area contributed by atoms with Crippen LogP contribution in [-0.4, -0.2) is 28.9 Å². The van der Waals surface area contributed by atoms with E-state index < -0.39 is 18.6 Å². The predicted octanol–water partition coefficient (Wildman–Crippen LogP) is 1.46. The molecule has 0 fully saturated rings. The van der Waals surface area contributed by atoms with Gasteiger partial charge in [-0.2, -0.15) is 0 Å². The minimum absolute atomic E-state index is 0.209. The molecule has 1 aromatic heterocycles. The number of anilines is 1. The number of amides is 2. The van der Waals surface area contributed by atoms with Gasteiger partial charge in [-0.15, -0.1) is 0 Å². The van der Waals surface area contributed by atoms with Crippen LogP contribution in [0.2, 0.25) is 0 Å². The molecule has 0 saturated heterocycles. The largest absolute Gasteiger partial charge is 0.480 e. The number of carbonyl (C=O) groups is 2. The summed E-state index contributed by atoms with van der Waals surface area (Å²) >= 11 is 0. The molecule has 2 rings (SSSR count). The summed E-state index contributed by atoms with van der Waals surface area (Å²) in [5, 5.41) is 17.4. The van der Waals surface area contributed by atoms with Crippen LogP contribution in [0.25, 0.3) is 0 Å². The number of para-hydroxylation sites is 2. The highest BCUT2D eigenvalue weighted by molar-refractivity contribution is 5.90. The van der Waals surface area contributed by atoms with Crippen molar-refractivity contribution in [1.29, 1.82) is 0 Å². The van der Waals surface area contributed by atoms with E-state index in [1.165, 1.54) is 6.26 Å². The van der Waals surface area contributed by atoms with Crippen molar-refractivity contribution < 1.29 is 24.0 Å². The van der Waals surface area contributed by atoms with Gasteiger partial charge in [0.2, 0.25) is 0 Å². The SMILES string of the molecule is O=C(O)COc1ccccc1NC(=O)NCc1ccon1. The normalized spacial score (nSPS) is 9.90. The van der Waals surface area contributed by atoms with Crippen LogP contribution in [0.3, 0.4) is 0 Å². The lowest BCUT2D eigenvalue weighted by Crippen LogP contribution is -2.28. The number of rotatable bonds is 6. The number of carbonyl (C=O) groups excluding carboxylic acids is 1. The molecule has 8 nitrogen and oxygen atoms in total. The highest BCUT2D eigenvalue weighted by atomic mass is 16.5. The van der Waals surface area contributed by atoms with Gasteiger partial charge < -0.3 is 25.0 Å². The van der Waals surface area contributed by atoms with Crippen molar-refractivity contribution in [3.05, 3.63) is 42.3 Å². The van der Waals surface area contributed by atoms with Crippen molar-refractivity contribution in [3.8, 4) is 5.75 Å². The zero-order chi connectivity index (χ0) is 15.1. The molecular formula is C13H13N3O5. The van der Waals surface area contributed by atoms with Gasteiger partial charge in [-0.05, 0) is 12.1 Å². The van der Waals surface area contributed by atoms with Crippen molar-refractivity contribution >= 4 is 17.7 Å². The van der Waals surface area contributed by atoms with Gasteiger partial charge >= 0.3 is 12.0 Å². The van der Waals surface area contributed by atoms with Gasteiger partial charge in [0.1, 0.15) is 17.7 Å². The van der Waals surface area contributed by atoms with Crippen LogP contribution in [0, 0.1) is 0 Å². The number of nitrogens with one attached hydrogen (secondary N) is 2. The molecule has 2 aromatic rings. The first-order chi connectivity index (χ1) is 10.1. The van der Waals surface area contributed by atoms with Crippen molar-refractivity contribution in [2.45, 2.75) is 6.54 Å². The molecule has 0 aliphatic carbocycles. The average Bonchev–Trinajstić information content (AvgIpc) is 2.97. The molecule has 8 heteroatoms. The molecule has 2 amide bonds. The lowest BCUT2D eigenvalue weighted by molar-refractivity contribution is -0.139. The lowest BCUT2D eigenvalue weighted by atomic mass is 10.3. The molecule has 110 valence electrons. The van der Waals surface area contributed by atoms with E-state index in [0.717, 1.165) is 0 Å². The molecule has 1 aromatic carbocycles. The van der Waals surface area contributed by atoms with Crippen LogP contribution in [0.1, 0.15) is 5.69 Å². The number of carboxylic acid groups (broad SMARTS) is 1. The maximum atomic E-state index is 11.7. The second kappa shape index (κ2) is 6.94. The Bertz CT molecular complexity index is 612. The smallest absolute Gasteiger partial charge is 0.341 e. The Kier molecular flexibility index (Phi) is 4.75. The molecule has 1 heterocycles. The summed E-state index contributed by atoms with van der Waals surface area (Å²) < 4.78 is 9.72. The summed E-state index contributed by atoms with van der Waals surface area (Å²) in [5.74, 6) is -0.822. The van der Waals surface area contributed by atoms with Crippen LogP contribution in [0.15, 0.2) is 41.1 Å². The zero-order valence-corrected chi connectivity index (χ0v) is 10.9. The van der Waals surface area contributed by atoms with Crippen molar-refractivity contribution in [2.75, 3.05) is 11.9 Å². The maximum absolute atomic E-state index is 11.7. The number of carboxylic acids is 1. The molecule has 0 aliphatic heterocycles. The van der Waals surface area contributed by atoms with Gasteiger partial charge in [0.05, 0.1) is 12.2 Å². The standard InChI is InChI=1S/C13H13N3O5/c17-12(18)8-20-11-4-2-1-3-10(11)15-13(19)14-7-9-5-6-21-16-9/h1-6H,7-8H2,(H,17,18)(H2,14,15,19). The zero-order valence-electron chi connectivity index (χ0n) is 10.9. The van der Waals surface area contributed by atoms with Crippen LogP contribution >= 0.6 is 0 Å². The van der Waals surface area contributed by atoms with Crippen LogP contribution in [0.4, 0.5) is 10.5 Å². The minimum Gasteiger partial charge on any atom is -0.480 e. The topological polar surface area (TPSA) is 114 Å². The molecule has 0 atom stereocenters. The number of aromatic nitrogens is 1. The van der Waals surface area contributed by atoms with Gasteiger partial charge in [-0.3, -0.25) is 0 Å². The molecule has 0 bridgehead atoms. The summed E-state index contributed by atoms with van der Waals surface area (Å²) in [5.41, 5.74) is 0.956. The quantitative estimate of drug-likeness (QED) is 0.742. The van der Waals surface area contributed by atoms with Gasteiger partial charge in [0, 0.05) is 6.07 Å². The lowest BCUT2D eigenvalue weighted by Gasteiger charge is -2.11. The van der Waals surface area contributed by atoms with Crippen molar-refractivity contribution in [3.63, 3.8) is 0 Å². The third-order valence-electron chi connectivity index (χ3n) is 2.41. The first kappa shape index (κ1) is 14.4. The van der Waals surface area contributed by atoms with Gasteiger partial charge in [0.25, 0.3) is 0 Å². The van der Waals surface area contributed by atoms with Gasteiger partial charge in [-0.1, -0.05) is 17.3 Å². The van der Waals surface area contributed by atoms with Crippen molar-refractivity contribution in [1.82, 2.24) is 10.5 Å². The van der Waals surface area contributed by atoms with E-state index in [0.29, 0.717) is 11.4 Å². The molecule has 21 heavy (non-hydrogen) atoms. The van der Waals surface area contributed by atoms with Crippen molar-refractivity contribution in [2.24, 2.45) is 0 Å². The first-order valence-electron chi connectivity index (χ1n) is 6.03. The van der Waals surface area contributed by atoms with Crippen LogP contribution < -0.4 is 15.4 Å². The van der Waals surface area contributed by atoms with E-state index in [1.807, 2.05) is 0 Å². The van der Waals surface area contributed by atoms with Crippen LogP contribution in [0.5, 0.6) is 5.75 Å². The molecular weight excluding hydrogens is 278 g/mol. The average molecular weight is 291 g/mol. The molecule has 0 unspecified atom stereocenters. The number of benzene rings is 1. The predicted molar refractivity (Wildman–Crippen MR) is 71.9 cm³/mol. The maximum Gasteiger partial charge on any atom is 0.341 e. The summed E-state index contributed by atoms with van der Waals surface area (Å²) in [6.07, 6.45) is 1.41. The van der Waals surface area contributed by atoms with E-state index in [4.69, 9.17) is 9.84 Å². The monoisotopic (exact) mass is 291 g/mol. The Morgan fingerprint density at radius 3 is 2.81 bits per heavy atom. The third kappa shape index (κ3) is 4.53. The second-order valence-corrected chi connectivity index (χ2v) is 3.98. The Hall–Kier alpha value is -3.03. The molecule has 0 saturated carbocycles. The Morgan fingerprint density at radius 2 is 2.10 bits per heavy atom. The van der Waals surface area contributed by atoms with E-state index >= 15 is 0 Å². The fraction of sp³-hybridized carbons (Fsp3) is 0.154. The molecule has 3 N–H and O–H groups in total. The Morgan fingerprint density at radius 1 is 1.29 bits per heavy atom. The number of hydrogen-bond acceptors (Lipinski definition) is 5. The van der Waals surface area contributed by atoms with Gasteiger partial charge in [-0.25, -0.2) is 9.59 Å². The summed E-state index contributed by atoms with van der Waals surface area (Å²) in [7, 11) is 0. The Balaban J connectivity index is 1.92. The fourth-order valence-corrected chi connectivity index (χ4v) is 1.50. The van der Waals surface area contributed by atoms with Crippen LogP contribution in [-0.2, 0) is 11.3 Å². The highest BCUT2D eigenvalue weighted by Gasteiger charge is 2.09. The number of nitrogens with zero attached hydrogens (tertiary/aromatic N) is 1. The summed E-state index contributed by atoms with van der Waals surface area (Å²) in [6.45, 7) is -0.278. The molecule has 0 aliphatic rings. The minimum atomic E-state index is -1.10. The van der Waals surface area contributed by atoms with E-state index in [9.17, 15) is 9.59 Å². The highest BCUT2D eigenvalue weighted by Crippen LogP contribution is 2.23. The number of ether oxygens (including phenoxy) is 1. The Labute approximate surface area is 119 Å². The van der Waals surface area contributed by atoms with E-state index in [-0.39, 0.29) is 12.3 Å². The first-order valence-corrected chi connectivity index (χ1v) is 6.03. The summed E-state index contributed by atoms with van der Waals surface area (Å²) in [4.78, 5) is 22.2. The van der Waals surface area contributed by atoms with E-state index in [2.05, 4.69) is 20.3 Å². The number of urea groups is 1. The molecule has 0 spiro atoms. The van der Waals surface area contributed by atoms with Gasteiger partial charge in [0.15, 0.2) is 6.61 Å². The fourth-order valence-electron chi connectivity index (χ4n) is 1.50. The third-order valence-corrected chi connectivity index (χ3v) is 2.41. The number of aliphatic carboxylic acids is 1. The second-order valence-electron chi connectivity index (χ2n) is 3.98.